The monoisotopic (exact) mass is 348 g/mol. The lowest BCUT2D eigenvalue weighted by Gasteiger charge is -1.89. The van der Waals surface area contributed by atoms with E-state index in [9.17, 15) is 0 Å². The van der Waals surface area contributed by atoms with Gasteiger partial charge in [0.1, 0.15) is 0 Å². The minimum absolute atomic E-state index is 1.18. The molecule has 0 aromatic carbocycles. The SMILES string of the molecule is Brc1sccc1/C=C\c1ccsc1Br. The summed E-state index contributed by atoms with van der Waals surface area (Å²) in [6.07, 6.45) is 4.24. The van der Waals surface area contributed by atoms with Crippen LogP contribution in [0.5, 0.6) is 0 Å². The molecule has 0 radical (unpaired) electrons. The lowest BCUT2D eigenvalue weighted by molar-refractivity contribution is 1.80. The summed E-state index contributed by atoms with van der Waals surface area (Å²) in [6, 6.07) is 4.21. The predicted molar refractivity (Wildman–Crippen MR) is 73.0 cm³/mol. The number of thiophene rings is 2. The van der Waals surface area contributed by atoms with E-state index in [2.05, 4.69) is 66.9 Å². The van der Waals surface area contributed by atoms with Crippen molar-refractivity contribution in [3.63, 3.8) is 0 Å². The summed E-state index contributed by atoms with van der Waals surface area (Å²) in [5, 5.41) is 4.15. The zero-order valence-corrected chi connectivity index (χ0v) is 11.8. The second-order valence-corrected chi connectivity index (χ2v) is 7.10. The second kappa shape index (κ2) is 4.75. The Labute approximate surface area is 108 Å². The predicted octanol–water partition coefficient (Wildman–Crippen LogP) is 5.51. The number of hydrogen-bond acceptors (Lipinski definition) is 2. The maximum atomic E-state index is 3.51. The Morgan fingerprint density at radius 3 is 1.57 bits per heavy atom. The van der Waals surface area contributed by atoms with Crippen LogP contribution in [-0.4, -0.2) is 0 Å². The number of halogens is 2. The number of rotatable bonds is 2. The molecule has 0 nitrogen and oxygen atoms in total. The van der Waals surface area contributed by atoms with Gasteiger partial charge in [0, 0.05) is 0 Å². The first-order valence-electron chi connectivity index (χ1n) is 3.91. The molecule has 0 saturated carbocycles. The summed E-state index contributed by atoms with van der Waals surface area (Å²) in [7, 11) is 0. The maximum Gasteiger partial charge on any atom is 0.0770 e. The molecule has 0 saturated heterocycles. The van der Waals surface area contributed by atoms with E-state index in [4.69, 9.17) is 0 Å². The van der Waals surface area contributed by atoms with Gasteiger partial charge in [0.15, 0.2) is 0 Å². The van der Waals surface area contributed by atoms with Crippen molar-refractivity contribution in [2.75, 3.05) is 0 Å². The van der Waals surface area contributed by atoms with Crippen LogP contribution in [0.25, 0.3) is 12.2 Å². The van der Waals surface area contributed by atoms with Gasteiger partial charge in [0.25, 0.3) is 0 Å². The molecule has 72 valence electrons. The molecular formula is C10H6Br2S2. The van der Waals surface area contributed by atoms with E-state index in [-0.39, 0.29) is 0 Å². The van der Waals surface area contributed by atoms with Crippen LogP contribution in [0.4, 0.5) is 0 Å². The second-order valence-electron chi connectivity index (χ2n) is 2.63. The van der Waals surface area contributed by atoms with Crippen molar-refractivity contribution in [2.45, 2.75) is 0 Å². The third kappa shape index (κ3) is 2.37. The molecule has 14 heavy (non-hydrogen) atoms. The summed E-state index contributed by atoms with van der Waals surface area (Å²) in [6.45, 7) is 0. The fraction of sp³-hybridized carbons (Fsp3) is 0. The van der Waals surface area contributed by atoms with Crippen molar-refractivity contribution >= 4 is 66.7 Å². The van der Waals surface area contributed by atoms with E-state index in [1.165, 1.54) is 18.7 Å². The van der Waals surface area contributed by atoms with E-state index in [1.54, 1.807) is 22.7 Å². The highest BCUT2D eigenvalue weighted by Crippen LogP contribution is 2.28. The molecule has 0 aliphatic rings. The molecule has 2 heterocycles. The molecule has 0 aliphatic carbocycles. The van der Waals surface area contributed by atoms with Crippen molar-refractivity contribution in [1.82, 2.24) is 0 Å². The van der Waals surface area contributed by atoms with Crippen LogP contribution in [0.3, 0.4) is 0 Å². The molecule has 0 fully saturated rings. The molecule has 0 atom stereocenters. The Bertz CT molecular complexity index is 412. The largest absolute Gasteiger partial charge is 0.136 e. The van der Waals surface area contributed by atoms with Crippen LogP contribution in [0.1, 0.15) is 11.1 Å². The normalized spacial score (nSPS) is 11.3. The van der Waals surface area contributed by atoms with Gasteiger partial charge < -0.3 is 0 Å². The lowest BCUT2D eigenvalue weighted by Crippen LogP contribution is -1.65. The molecule has 0 N–H and O–H groups in total. The van der Waals surface area contributed by atoms with Gasteiger partial charge in [0.2, 0.25) is 0 Å². The van der Waals surface area contributed by atoms with E-state index < -0.39 is 0 Å². The van der Waals surface area contributed by atoms with Crippen molar-refractivity contribution in [2.24, 2.45) is 0 Å². The molecule has 2 rings (SSSR count). The topological polar surface area (TPSA) is 0 Å². The minimum atomic E-state index is 1.18. The fourth-order valence-corrected chi connectivity index (χ4v) is 3.41. The molecule has 0 bridgehead atoms. The zero-order chi connectivity index (χ0) is 9.97. The van der Waals surface area contributed by atoms with Crippen LogP contribution >= 0.6 is 54.5 Å². The minimum Gasteiger partial charge on any atom is -0.136 e. The van der Waals surface area contributed by atoms with Crippen molar-refractivity contribution in [3.05, 3.63) is 41.6 Å². The Morgan fingerprint density at radius 2 is 1.29 bits per heavy atom. The summed E-state index contributed by atoms with van der Waals surface area (Å²) in [5.74, 6) is 0. The van der Waals surface area contributed by atoms with Crippen LogP contribution in [0, 0.1) is 0 Å². The molecule has 4 heteroatoms. The first-order chi connectivity index (χ1) is 6.77. The van der Waals surface area contributed by atoms with E-state index >= 15 is 0 Å². The van der Waals surface area contributed by atoms with Gasteiger partial charge in [-0.05, 0) is 65.9 Å². The van der Waals surface area contributed by atoms with Gasteiger partial charge in [-0.15, -0.1) is 22.7 Å². The first-order valence-corrected chi connectivity index (χ1v) is 7.26. The van der Waals surface area contributed by atoms with Crippen LogP contribution in [0.2, 0.25) is 0 Å². The molecule has 2 aromatic rings. The number of hydrogen-bond donors (Lipinski definition) is 0. The smallest absolute Gasteiger partial charge is 0.0770 e. The molecule has 0 aliphatic heterocycles. The van der Waals surface area contributed by atoms with Crippen molar-refractivity contribution in [1.29, 1.82) is 0 Å². The van der Waals surface area contributed by atoms with Gasteiger partial charge in [-0.2, -0.15) is 0 Å². The Hall–Kier alpha value is 0.1000. The van der Waals surface area contributed by atoms with Crippen molar-refractivity contribution < 1.29 is 0 Å². The molecule has 0 spiro atoms. The zero-order valence-electron chi connectivity index (χ0n) is 7.04. The molecule has 2 aromatic heterocycles. The average Bonchev–Trinajstić information content (AvgIpc) is 2.72. The Morgan fingerprint density at radius 1 is 0.857 bits per heavy atom. The lowest BCUT2D eigenvalue weighted by atomic mass is 10.2. The molecular weight excluding hydrogens is 344 g/mol. The summed E-state index contributed by atoms with van der Waals surface area (Å²) >= 11 is 10.4. The molecule has 0 unspecified atom stereocenters. The summed E-state index contributed by atoms with van der Waals surface area (Å²) in [4.78, 5) is 0. The van der Waals surface area contributed by atoms with Crippen molar-refractivity contribution in [3.8, 4) is 0 Å². The highest BCUT2D eigenvalue weighted by molar-refractivity contribution is 9.11. The van der Waals surface area contributed by atoms with E-state index in [0.29, 0.717) is 0 Å². The van der Waals surface area contributed by atoms with Crippen LogP contribution in [-0.2, 0) is 0 Å². The highest BCUT2D eigenvalue weighted by Gasteiger charge is 1.98. The quantitative estimate of drug-likeness (QED) is 0.671. The fourth-order valence-electron chi connectivity index (χ4n) is 1.02. The van der Waals surface area contributed by atoms with Gasteiger partial charge in [-0.25, -0.2) is 0 Å². The Balaban J connectivity index is 2.23. The summed E-state index contributed by atoms with van der Waals surface area (Å²) in [5.41, 5.74) is 2.46. The first kappa shape index (κ1) is 10.6. The third-order valence-electron chi connectivity index (χ3n) is 1.73. The average molecular weight is 350 g/mol. The van der Waals surface area contributed by atoms with E-state index in [0.717, 1.165) is 0 Å². The van der Waals surface area contributed by atoms with Gasteiger partial charge in [0.05, 0.1) is 7.57 Å². The standard InChI is InChI=1S/C10H6Br2S2/c11-9-7(3-5-13-9)1-2-8-4-6-14-10(8)12/h1-6H/b2-1-. The van der Waals surface area contributed by atoms with Gasteiger partial charge >= 0.3 is 0 Å². The summed E-state index contributed by atoms with van der Waals surface area (Å²) < 4.78 is 2.36. The molecule has 0 amide bonds. The highest BCUT2D eigenvalue weighted by atomic mass is 79.9. The Kier molecular flexibility index (Phi) is 3.60. The van der Waals surface area contributed by atoms with Crippen LogP contribution < -0.4 is 0 Å². The third-order valence-corrected chi connectivity index (χ3v) is 5.20. The van der Waals surface area contributed by atoms with E-state index in [1.807, 2.05) is 0 Å². The van der Waals surface area contributed by atoms with Crippen LogP contribution in [0.15, 0.2) is 30.5 Å². The maximum absolute atomic E-state index is 3.51. The van der Waals surface area contributed by atoms with Gasteiger partial charge in [-0.3, -0.25) is 0 Å². The van der Waals surface area contributed by atoms with Gasteiger partial charge in [-0.1, -0.05) is 12.2 Å².